The highest BCUT2D eigenvalue weighted by Crippen LogP contribution is 2.18. The Labute approximate surface area is 122 Å². The molecule has 0 aliphatic heterocycles. The van der Waals surface area contributed by atoms with Crippen molar-refractivity contribution in [2.45, 2.75) is 19.5 Å². The zero-order valence-corrected chi connectivity index (χ0v) is 12.2. The molecule has 2 aromatic heterocycles. The minimum atomic E-state index is 0.370. The minimum absolute atomic E-state index is 0.370. The topological polar surface area (TPSA) is 29.9 Å². The van der Waals surface area contributed by atoms with E-state index in [2.05, 4.69) is 53.2 Å². The van der Waals surface area contributed by atoms with Gasteiger partial charge in [0.25, 0.3) is 0 Å². The van der Waals surface area contributed by atoms with Crippen LogP contribution >= 0.6 is 11.3 Å². The molecule has 1 aromatic carbocycles. The van der Waals surface area contributed by atoms with E-state index in [1.165, 1.54) is 10.4 Å². The molecule has 102 valence electrons. The van der Waals surface area contributed by atoms with Crippen LogP contribution in [0.2, 0.25) is 0 Å². The second kappa shape index (κ2) is 6.03. The summed E-state index contributed by atoms with van der Waals surface area (Å²) in [7, 11) is 0. The van der Waals surface area contributed by atoms with Crippen LogP contribution < -0.4 is 5.32 Å². The van der Waals surface area contributed by atoms with Crippen LogP contribution in [0.3, 0.4) is 0 Å². The lowest BCUT2D eigenvalue weighted by Gasteiger charge is -2.10. The quantitative estimate of drug-likeness (QED) is 0.772. The van der Waals surface area contributed by atoms with E-state index >= 15 is 0 Å². The Bertz CT molecular complexity index is 643. The second-order valence-electron chi connectivity index (χ2n) is 4.75. The molecular weight excluding hydrogens is 266 g/mol. The van der Waals surface area contributed by atoms with Crippen molar-refractivity contribution in [1.82, 2.24) is 15.1 Å². The highest BCUT2D eigenvalue weighted by atomic mass is 32.1. The zero-order chi connectivity index (χ0) is 13.8. The molecule has 0 unspecified atom stereocenters. The number of thiophene rings is 1. The summed E-state index contributed by atoms with van der Waals surface area (Å²) in [6.45, 7) is 3.01. The number of hydrogen-bond acceptors (Lipinski definition) is 3. The largest absolute Gasteiger partial charge is 0.305 e. The van der Waals surface area contributed by atoms with Crippen molar-refractivity contribution < 1.29 is 0 Å². The van der Waals surface area contributed by atoms with Crippen LogP contribution in [0.4, 0.5) is 0 Å². The zero-order valence-electron chi connectivity index (χ0n) is 11.4. The summed E-state index contributed by atoms with van der Waals surface area (Å²) in [6.07, 6.45) is 3.99. The fourth-order valence-corrected chi connectivity index (χ4v) is 2.84. The maximum Gasteiger partial charge on any atom is 0.0645 e. The predicted molar refractivity (Wildman–Crippen MR) is 83.1 cm³/mol. The molecule has 0 saturated carbocycles. The van der Waals surface area contributed by atoms with E-state index in [0.717, 1.165) is 12.2 Å². The van der Waals surface area contributed by atoms with Crippen LogP contribution in [0, 0.1) is 0 Å². The van der Waals surface area contributed by atoms with E-state index in [1.807, 2.05) is 29.1 Å². The fraction of sp³-hybridized carbons (Fsp3) is 0.188. The monoisotopic (exact) mass is 283 g/mol. The third-order valence-corrected chi connectivity index (χ3v) is 4.29. The molecule has 0 spiro atoms. The molecule has 0 aliphatic rings. The smallest absolute Gasteiger partial charge is 0.0645 e. The molecule has 0 saturated heterocycles. The predicted octanol–water partition coefficient (Wildman–Crippen LogP) is 3.78. The van der Waals surface area contributed by atoms with Gasteiger partial charge in [-0.2, -0.15) is 5.10 Å². The number of hydrogen-bond donors (Lipinski definition) is 1. The van der Waals surface area contributed by atoms with Gasteiger partial charge < -0.3 is 5.32 Å². The standard InChI is InChI=1S/C16H17N3S/c1-13(16-8-5-9-20-16)17-10-14-11-18-19(12-14)15-6-3-2-4-7-15/h2-9,11-13,17H,10H2,1H3/t13-/m0/s1. The lowest BCUT2D eigenvalue weighted by molar-refractivity contribution is 0.583. The van der Waals surface area contributed by atoms with Crippen molar-refractivity contribution in [1.29, 1.82) is 0 Å². The molecule has 0 bridgehead atoms. The molecule has 0 amide bonds. The Kier molecular flexibility index (Phi) is 3.95. The molecule has 3 aromatic rings. The molecule has 0 aliphatic carbocycles. The van der Waals surface area contributed by atoms with Crippen molar-refractivity contribution in [3.05, 3.63) is 70.7 Å². The normalized spacial score (nSPS) is 12.4. The van der Waals surface area contributed by atoms with Crippen molar-refractivity contribution in [3.63, 3.8) is 0 Å². The molecule has 3 rings (SSSR count). The van der Waals surface area contributed by atoms with Gasteiger partial charge in [-0.05, 0) is 30.5 Å². The summed E-state index contributed by atoms with van der Waals surface area (Å²) in [5.41, 5.74) is 2.28. The minimum Gasteiger partial charge on any atom is -0.305 e. The van der Waals surface area contributed by atoms with E-state index < -0.39 is 0 Å². The van der Waals surface area contributed by atoms with Gasteiger partial charge >= 0.3 is 0 Å². The van der Waals surface area contributed by atoms with Gasteiger partial charge in [0.05, 0.1) is 11.9 Å². The van der Waals surface area contributed by atoms with Crippen LogP contribution in [0.5, 0.6) is 0 Å². The molecule has 1 atom stereocenters. The van der Waals surface area contributed by atoms with Crippen LogP contribution in [-0.4, -0.2) is 9.78 Å². The summed E-state index contributed by atoms with van der Waals surface area (Å²) in [5.74, 6) is 0. The number of benzene rings is 1. The van der Waals surface area contributed by atoms with Crippen molar-refractivity contribution in [2.24, 2.45) is 0 Å². The van der Waals surface area contributed by atoms with Gasteiger partial charge in [-0.25, -0.2) is 4.68 Å². The van der Waals surface area contributed by atoms with Gasteiger partial charge in [0.15, 0.2) is 0 Å². The molecule has 4 heteroatoms. The van der Waals surface area contributed by atoms with Gasteiger partial charge in [-0.1, -0.05) is 24.3 Å². The van der Waals surface area contributed by atoms with Gasteiger partial charge in [-0.3, -0.25) is 0 Å². The SMILES string of the molecule is C[C@H](NCc1cnn(-c2ccccc2)c1)c1cccs1. The first kappa shape index (κ1) is 13.1. The number of nitrogens with zero attached hydrogens (tertiary/aromatic N) is 2. The Hall–Kier alpha value is -1.91. The van der Waals surface area contributed by atoms with E-state index in [9.17, 15) is 0 Å². The number of nitrogens with one attached hydrogen (secondary N) is 1. The summed E-state index contributed by atoms with van der Waals surface area (Å²) < 4.78 is 1.91. The Morgan fingerprint density at radius 2 is 2.05 bits per heavy atom. The van der Waals surface area contributed by atoms with Gasteiger partial charge in [0.2, 0.25) is 0 Å². The molecule has 0 fully saturated rings. The molecule has 0 radical (unpaired) electrons. The van der Waals surface area contributed by atoms with Gasteiger partial charge in [0, 0.05) is 29.2 Å². The van der Waals surface area contributed by atoms with E-state index in [1.54, 1.807) is 11.3 Å². The average Bonchev–Trinajstić information content (AvgIpc) is 3.17. The molecule has 2 heterocycles. The first-order valence-corrected chi connectivity index (χ1v) is 7.56. The number of rotatable bonds is 5. The van der Waals surface area contributed by atoms with E-state index in [4.69, 9.17) is 0 Å². The number of para-hydroxylation sites is 1. The van der Waals surface area contributed by atoms with E-state index in [0.29, 0.717) is 6.04 Å². The molecular formula is C16H17N3S. The second-order valence-corrected chi connectivity index (χ2v) is 5.73. The first-order chi connectivity index (χ1) is 9.83. The lowest BCUT2D eigenvalue weighted by atomic mass is 10.2. The van der Waals surface area contributed by atoms with Crippen LogP contribution in [0.15, 0.2) is 60.2 Å². The fourth-order valence-electron chi connectivity index (χ4n) is 2.08. The van der Waals surface area contributed by atoms with Crippen molar-refractivity contribution in [3.8, 4) is 5.69 Å². The summed E-state index contributed by atoms with van der Waals surface area (Å²) in [5, 5.41) is 10.0. The summed E-state index contributed by atoms with van der Waals surface area (Å²) in [4.78, 5) is 1.36. The van der Waals surface area contributed by atoms with Crippen LogP contribution in [0.1, 0.15) is 23.4 Å². The maximum atomic E-state index is 4.41. The average molecular weight is 283 g/mol. The third-order valence-electron chi connectivity index (χ3n) is 3.24. The Morgan fingerprint density at radius 3 is 2.80 bits per heavy atom. The van der Waals surface area contributed by atoms with Gasteiger partial charge in [-0.15, -0.1) is 11.3 Å². The third kappa shape index (κ3) is 2.98. The van der Waals surface area contributed by atoms with Crippen molar-refractivity contribution >= 4 is 11.3 Å². The van der Waals surface area contributed by atoms with Crippen LogP contribution in [0.25, 0.3) is 5.69 Å². The van der Waals surface area contributed by atoms with Gasteiger partial charge in [0.1, 0.15) is 0 Å². The highest BCUT2D eigenvalue weighted by Gasteiger charge is 2.06. The summed E-state index contributed by atoms with van der Waals surface area (Å²) in [6, 6.07) is 14.8. The highest BCUT2D eigenvalue weighted by molar-refractivity contribution is 7.10. The number of aromatic nitrogens is 2. The molecule has 3 nitrogen and oxygen atoms in total. The maximum absolute atomic E-state index is 4.41. The Balaban J connectivity index is 1.63. The Morgan fingerprint density at radius 1 is 1.20 bits per heavy atom. The summed E-state index contributed by atoms with van der Waals surface area (Å²) >= 11 is 1.78. The molecule has 1 N–H and O–H groups in total. The first-order valence-electron chi connectivity index (χ1n) is 6.69. The van der Waals surface area contributed by atoms with Crippen LogP contribution in [-0.2, 0) is 6.54 Å². The van der Waals surface area contributed by atoms with Crippen molar-refractivity contribution in [2.75, 3.05) is 0 Å². The molecule has 20 heavy (non-hydrogen) atoms. The van der Waals surface area contributed by atoms with E-state index in [-0.39, 0.29) is 0 Å². The lowest BCUT2D eigenvalue weighted by Crippen LogP contribution is -2.16.